The number of hydrogen-bond donors (Lipinski definition) is 2. The van der Waals surface area contributed by atoms with Crippen LogP contribution in [0.3, 0.4) is 0 Å². The number of ether oxygens (including phenoxy) is 1. The quantitative estimate of drug-likeness (QED) is 0.842. The van der Waals surface area contributed by atoms with E-state index in [0.717, 1.165) is 24.8 Å². The van der Waals surface area contributed by atoms with Crippen molar-refractivity contribution in [2.24, 2.45) is 5.41 Å². The lowest BCUT2D eigenvalue weighted by Gasteiger charge is -2.33. The lowest BCUT2D eigenvalue weighted by Crippen LogP contribution is -2.46. The molecule has 21 heavy (non-hydrogen) atoms. The summed E-state index contributed by atoms with van der Waals surface area (Å²) < 4.78 is 5.38. The molecule has 1 saturated heterocycles. The second-order valence-corrected chi connectivity index (χ2v) is 6.21. The minimum atomic E-state index is -0.512. The normalized spacial score (nSPS) is 22.5. The van der Waals surface area contributed by atoms with Gasteiger partial charge in [0.25, 0.3) is 0 Å². The number of aliphatic hydroxyl groups excluding tert-OH is 1. The number of carbonyl (C=O) groups is 1. The maximum Gasteiger partial charge on any atom is 0.249 e. The van der Waals surface area contributed by atoms with Crippen LogP contribution in [0.2, 0.25) is 0 Å². The van der Waals surface area contributed by atoms with E-state index in [9.17, 15) is 9.90 Å². The maximum absolute atomic E-state index is 12.0. The van der Waals surface area contributed by atoms with Crippen LogP contribution in [0.25, 0.3) is 0 Å². The molecule has 0 aromatic heterocycles. The van der Waals surface area contributed by atoms with Gasteiger partial charge in [-0.25, -0.2) is 0 Å². The van der Waals surface area contributed by atoms with Crippen LogP contribution in [0.1, 0.15) is 32.3 Å². The highest BCUT2D eigenvalue weighted by Crippen LogP contribution is 2.26. The topological polar surface area (TPSA) is 58.6 Å². The molecular formula is C17H25NO3. The van der Waals surface area contributed by atoms with Crippen molar-refractivity contribution in [3.63, 3.8) is 0 Å². The van der Waals surface area contributed by atoms with Crippen molar-refractivity contribution < 1.29 is 14.6 Å². The molecule has 1 aliphatic rings. The molecule has 1 amide bonds. The van der Waals surface area contributed by atoms with Crippen molar-refractivity contribution in [1.29, 1.82) is 0 Å². The number of carbonyl (C=O) groups excluding carboxylic acids is 1. The van der Waals surface area contributed by atoms with Crippen molar-refractivity contribution in [2.75, 3.05) is 13.2 Å². The number of rotatable bonds is 6. The largest absolute Gasteiger partial charge is 0.393 e. The molecule has 1 fully saturated rings. The van der Waals surface area contributed by atoms with E-state index in [-0.39, 0.29) is 12.0 Å². The van der Waals surface area contributed by atoms with E-state index in [1.807, 2.05) is 37.3 Å². The Morgan fingerprint density at radius 3 is 2.76 bits per heavy atom. The summed E-state index contributed by atoms with van der Waals surface area (Å²) in [5.41, 5.74) is 0.766. The summed E-state index contributed by atoms with van der Waals surface area (Å²) in [6.07, 6.45) is 1.62. The number of benzene rings is 1. The van der Waals surface area contributed by atoms with Crippen LogP contribution in [0, 0.1) is 5.41 Å². The van der Waals surface area contributed by atoms with Gasteiger partial charge in [-0.05, 0) is 31.7 Å². The third-order valence-corrected chi connectivity index (χ3v) is 4.35. The van der Waals surface area contributed by atoms with Crippen LogP contribution in [-0.2, 0) is 16.0 Å². The molecule has 3 atom stereocenters. The van der Waals surface area contributed by atoms with Crippen molar-refractivity contribution >= 4 is 5.91 Å². The summed E-state index contributed by atoms with van der Waals surface area (Å²) >= 11 is 0. The van der Waals surface area contributed by atoms with E-state index in [1.165, 1.54) is 0 Å². The highest BCUT2D eigenvalue weighted by atomic mass is 16.5. The molecule has 2 rings (SSSR count). The Morgan fingerprint density at radius 2 is 2.19 bits per heavy atom. The molecule has 2 N–H and O–H groups in total. The van der Waals surface area contributed by atoms with Crippen molar-refractivity contribution in [2.45, 2.75) is 45.3 Å². The Bertz CT molecular complexity index is 454. The fraction of sp³-hybridized carbons (Fsp3) is 0.588. The SMILES string of the molecule is C[C@H](O)[C@](C)(CNC(=O)[C@@H]1CCCO1)Cc1ccccc1. The van der Waals surface area contributed by atoms with Gasteiger partial charge in [0.2, 0.25) is 5.91 Å². The van der Waals surface area contributed by atoms with Gasteiger partial charge in [0.05, 0.1) is 6.10 Å². The number of hydrogen-bond acceptors (Lipinski definition) is 3. The van der Waals surface area contributed by atoms with E-state index in [2.05, 4.69) is 5.32 Å². The van der Waals surface area contributed by atoms with E-state index < -0.39 is 11.5 Å². The van der Waals surface area contributed by atoms with Gasteiger partial charge in [-0.1, -0.05) is 37.3 Å². The molecule has 0 saturated carbocycles. The first kappa shape index (κ1) is 16.0. The van der Waals surface area contributed by atoms with Crippen LogP contribution in [0.15, 0.2) is 30.3 Å². The smallest absolute Gasteiger partial charge is 0.249 e. The summed E-state index contributed by atoms with van der Waals surface area (Å²) in [4.78, 5) is 12.0. The van der Waals surface area contributed by atoms with E-state index in [0.29, 0.717) is 13.2 Å². The Morgan fingerprint density at radius 1 is 1.48 bits per heavy atom. The first-order chi connectivity index (χ1) is 10.0. The van der Waals surface area contributed by atoms with Crippen LogP contribution in [0.4, 0.5) is 0 Å². The fourth-order valence-corrected chi connectivity index (χ4v) is 2.61. The Balaban J connectivity index is 1.95. The predicted octanol–water partition coefficient (Wildman–Crippen LogP) is 1.91. The minimum Gasteiger partial charge on any atom is -0.393 e. The molecule has 0 aliphatic carbocycles. The van der Waals surface area contributed by atoms with Crippen LogP contribution in [0.5, 0.6) is 0 Å². The second-order valence-electron chi connectivity index (χ2n) is 6.21. The van der Waals surface area contributed by atoms with Crippen molar-refractivity contribution in [1.82, 2.24) is 5.32 Å². The maximum atomic E-state index is 12.0. The van der Waals surface area contributed by atoms with E-state index in [4.69, 9.17) is 4.74 Å². The average Bonchev–Trinajstić information content (AvgIpc) is 3.00. The Hall–Kier alpha value is -1.39. The van der Waals surface area contributed by atoms with Gasteiger partial charge in [0.15, 0.2) is 0 Å². The predicted molar refractivity (Wildman–Crippen MR) is 81.9 cm³/mol. The van der Waals surface area contributed by atoms with Crippen LogP contribution < -0.4 is 5.32 Å². The Labute approximate surface area is 126 Å². The number of nitrogens with one attached hydrogen (secondary N) is 1. The first-order valence-electron chi connectivity index (χ1n) is 7.62. The lowest BCUT2D eigenvalue weighted by molar-refractivity contribution is -0.130. The molecule has 0 bridgehead atoms. The second kappa shape index (κ2) is 7.05. The lowest BCUT2D eigenvalue weighted by atomic mass is 9.79. The van der Waals surface area contributed by atoms with Gasteiger partial charge in [-0.3, -0.25) is 4.79 Å². The van der Waals surface area contributed by atoms with Gasteiger partial charge in [0.1, 0.15) is 6.10 Å². The summed E-state index contributed by atoms with van der Waals surface area (Å²) in [5, 5.41) is 13.1. The third-order valence-electron chi connectivity index (χ3n) is 4.35. The van der Waals surface area contributed by atoms with Gasteiger partial charge in [-0.15, -0.1) is 0 Å². The van der Waals surface area contributed by atoms with Crippen molar-refractivity contribution in [3.8, 4) is 0 Å². The van der Waals surface area contributed by atoms with Gasteiger partial charge in [-0.2, -0.15) is 0 Å². The van der Waals surface area contributed by atoms with Crippen LogP contribution in [-0.4, -0.2) is 36.4 Å². The molecular weight excluding hydrogens is 266 g/mol. The molecule has 0 radical (unpaired) electrons. The van der Waals surface area contributed by atoms with E-state index in [1.54, 1.807) is 6.92 Å². The molecule has 4 nitrogen and oxygen atoms in total. The fourth-order valence-electron chi connectivity index (χ4n) is 2.61. The highest BCUT2D eigenvalue weighted by molar-refractivity contribution is 5.81. The molecule has 1 aromatic carbocycles. The zero-order valence-electron chi connectivity index (χ0n) is 12.8. The molecule has 1 heterocycles. The number of amides is 1. The summed E-state index contributed by atoms with van der Waals surface area (Å²) in [7, 11) is 0. The standard InChI is InChI=1S/C17H25NO3/c1-13(19)17(2,11-14-7-4-3-5-8-14)12-18-16(20)15-9-6-10-21-15/h3-5,7-8,13,15,19H,6,9-12H2,1-2H3,(H,18,20)/t13-,15-,17-/m0/s1. The Kier molecular flexibility index (Phi) is 5.37. The van der Waals surface area contributed by atoms with Crippen molar-refractivity contribution in [3.05, 3.63) is 35.9 Å². The molecule has 1 aromatic rings. The molecule has 4 heteroatoms. The van der Waals surface area contributed by atoms with Gasteiger partial charge >= 0.3 is 0 Å². The monoisotopic (exact) mass is 291 g/mol. The van der Waals surface area contributed by atoms with Gasteiger partial charge < -0.3 is 15.2 Å². The average molecular weight is 291 g/mol. The highest BCUT2D eigenvalue weighted by Gasteiger charge is 2.32. The molecule has 1 aliphatic heterocycles. The molecule has 116 valence electrons. The third kappa shape index (κ3) is 4.29. The summed E-state index contributed by atoms with van der Waals surface area (Å²) in [5.74, 6) is -0.0626. The van der Waals surface area contributed by atoms with Crippen LogP contribution >= 0.6 is 0 Å². The minimum absolute atomic E-state index is 0.0626. The zero-order valence-corrected chi connectivity index (χ0v) is 12.8. The molecule has 0 spiro atoms. The summed E-state index contributed by atoms with van der Waals surface area (Å²) in [6, 6.07) is 10.0. The summed E-state index contributed by atoms with van der Waals surface area (Å²) in [6.45, 7) is 4.88. The number of aliphatic hydroxyl groups is 1. The van der Waals surface area contributed by atoms with Gasteiger partial charge in [0, 0.05) is 18.6 Å². The van der Waals surface area contributed by atoms with E-state index >= 15 is 0 Å². The molecule has 0 unspecified atom stereocenters. The zero-order chi connectivity index (χ0) is 15.3. The first-order valence-corrected chi connectivity index (χ1v) is 7.62.